The Kier molecular flexibility index (Phi) is 4.04. The fourth-order valence-corrected chi connectivity index (χ4v) is 2.26. The number of hydrogen-bond acceptors (Lipinski definition) is 3. The highest BCUT2D eigenvalue weighted by Crippen LogP contribution is 2.40. The van der Waals surface area contributed by atoms with Crippen molar-refractivity contribution in [3.05, 3.63) is 35.0 Å². The second-order valence-electron chi connectivity index (χ2n) is 4.12. The van der Waals surface area contributed by atoms with Crippen molar-refractivity contribution >= 4 is 29.2 Å². The Morgan fingerprint density at radius 1 is 1.29 bits per heavy atom. The maximum absolute atomic E-state index is 11.4. The number of nitrogens with one attached hydrogen (secondary N) is 2. The van der Waals surface area contributed by atoms with Crippen molar-refractivity contribution < 1.29 is 14.3 Å². The lowest BCUT2D eigenvalue weighted by Gasteiger charge is -2.14. The number of anilines is 1. The molecular weight excluding hydrogens is 296 g/mol. The van der Waals surface area contributed by atoms with E-state index in [4.69, 9.17) is 27.8 Å². The van der Waals surface area contributed by atoms with E-state index in [2.05, 4.69) is 10.3 Å². The van der Waals surface area contributed by atoms with Gasteiger partial charge in [0, 0.05) is 11.8 Å². The monoisotopic (exact) mass is 308 g/mol. The van der Waals surface area contributed by atoms with Crippen molar-refractivity contribution in [1.82, 2.24) is 4.98 Å². The number of amides is 3. The van der Waals surface area contributed by atoms with Crippen LogP contribution in [-0.2, 0) is 0 Å². The number of carbonyl (C=O) groups is 2. The number of methoxy groups -OCH3 is 1. The highest BCUT2D eigenvalue weighted by Gasteiger charge is 2.19. The van der Waals surface area contributed by atoms with Gasteiger partial charge in [0.25, 0.3) is 5.91 Å². The number of hydrogen-bond donors (Lipinski definition) is 4. The van der Waals surface area contributed by atoms with Gasteiger partial charge in [-0.25, -0.2) is 4.79 Å². The van der Waals surface area contributed by atoms with Gasteiger partial charge >= 0.3 is 6.03 Å². The van der Waals surface area contributed by atoms with Crippen molar-refractivity contribution in [2.45, 2.75) is 0 Å². The van der Waals surface area contributed by atoms with E-state index in [0.717, 1.165) is 0 Å². The third-order valence-electron chi connectivity index (χ3n) is 2.86. The van der Waals surface area contributed by atoms with Gasteiger partial charge in [-0.05, 0) is 18.2 Å². The summed E-state index contributed by atoms with van der Waals surface area (Å²) in [6, 6.07) is 3.98. The molecule has 21 heavy (non-hydrogen) atoms. The molecule has 0 spiro atoms. The van der Waals surface area contributed by atoms with Gasteiger partial charge in [-0.2, -0.15) is 0 Å². The molecule has 7 nitrogen and oxygen atoms in total. The molecule has 1 heterocycles. The summed E-state index contributed by atoms with van der Waals surface area (Å²) in [7, 11) is 1.44. The largest absolute Gasteiger partial charge is 0.495 e. The van der Waals surface area contributed by atoms with E-state index in [1.807, 2.05) is 0 Å². The van der Waals surface area contributed by atoms with E-state index in [1.54, 1.807) is 18.3 Å². The Morgan fingerprint density at radius 3 is 2.57 bits per heavy atom. The van der Waals surface area contributed by atoms with Gasteiger partial charge in [-0.15, -0.1) is 0 Å². The first-order valence-corrected chi connectivity index (χ1v) is 6.24. The van der Waals surface area contributed by atoms with Crippen LogP contribution >= 0.6 is 11.6 Å². The minimum atomic E-state index is -0.793. The molecule has 110 valence electrons. The van der Waals surface area contributed by atoms with Crippen LogP contribution in [0.5, 0.6) is 5.75 Å². The smallest absolute Gasteiger partial charge is 0.316 e. The molecule has 6 N–H and O–H groups in total. The zero-order chi connectivity index (χ0) is 15.6. The fourth-order valence-electron chi connectivity index (χ4n) is 1.97. The first-order chi connectivity index (χ1) is 9.95. The van der Waals surface area contributed by atoms with Gasteiger partial charge in [0.1, 0.15) is 10.8 Å². The number of halogens is 1. The molecule has 1 aromatic heterocycles. The molecule has 2 aromatic rings. The topological polar surface area (TPSA) is 123 Å². The molecule has 0 atom stereocenters. The van der Waals surface area contributed by atoms with Crippen LogP contribution in [0.15, 0.2) is 24.4 Å². The highest BCUT2D eigenvalue weighted by molar-refractivity contribution is 6.36. The molecule has 0 fully saturated rings. The molecule has 1 aromatic carbocycles. The highest BCUT2D eigenvalue weighted by atomic mass is 35.5. The molecule has 0 bridgehead atoms. The van der Waals surface area contributed by atoms with Crippen molar-refractivity contribution in [2.24, 2.45) is 11.5 Å². The summed E-state index contributed by atoms with van der Waals surface area (Å²) in [5.74, 6) is -0.250. The standard InChI is InChI=1S/C13H13ClN4O3/c1-21-8-3-2-6(11(9(8)14)18-13(16)20)10-7(12(15)19)4-5-17-10/h2-5,17H,1H3,(H2,15,19)(H3,16,18,20). The Balaban J connectivity index is 2.67. The number of ether oxygens (including phenoxy) is 1. The van der Waals surface area contributed by atoms with Crippen LogP contribution in [0, 0.1) is 0 Å². The van der Waals surface area contributed by atoms with Crippen LogP contribution in [-0.4, -0.2) is 24.0 Å². The van der Waals surface area contributed by atoms with Gasteiger partial charge in [0.05, 0.1) is 24.1 Å². The van der Waals surface area contributed by atoms with Crippen LogP contribution in [0.3, 0.4) is 0 Å². The Labute approximate surface area is 125 Å². The fraction of sp³-hybridized carbons (Fsp3) is 0.0769. The van der Waals surface area contributed by atoms with Crippen molar-refractivity contribution in [3.63, 3.8) is 0 Å². The van der Waals surface area contributed by atoms with Crippen LogP contribution in [0.25, 0.3) is 11.3 Å². The van der Waals surface area contributed by atoms with Crippen LogP contribution in [0.1, 0.15) is 10.4 Å². The summed E-state index contributed by atoms with van der Waals surface area (Å²) in [6.07, 6.45) is 1.56. The Hall–Kier alpha value is -2.67. The lowest BCUT2D eigenvalue weighted by Crippen LogP contribution is -2.20. The number of primary amides is 2. The van der Waals surface area contributed by atoms with Gasteiger partial charge in [0.15, 0.2) is 0 Å². The molecule has 0 unspecified atom stereocenters. The third-order valence-corrected chi connectivity index (χ3v) is 3.23. The predicted octanol–water partition coefficient (Wildman–Crippen LogP) is 1.93. The number of aromatic amines is 1. The van der Waals surface area contributed by atoms with Gasteiger partial charge in [-0.1, -0.05) is 11.6 Å². The molecule has 0 aliphatic heterocycles. The second-order valence-corrected chi connectivity index (χ2v) is 4.50. The maximum Gasteiger partial charge on any atom is 0.316 e. The molecule has 2 rings (SSSR count). The van der Waals surface area contributed by atoms with E-state index in [9.17, 15) is 9.59 Å². The summed E-state index contributed by atoms with van der Waals surface area (Å²) >= 11 is 6.18. The number of nitrogens with two attached hydrogens (primary N) is 2. The Morgan fingerprint density at radius 2 is 2.00 bits per heavy atom. The van der Waals surface area contributed by atoms with E-state index < -0.39 is 11.9 Å². The molecular formula is C13H13ClN4O3. The summed E-state index contributed by atoms with van der Waals surface area (Å²) in [6.45, 7) is 0. The molecule has 0 aliphatic carbocycles. The molecule has 3 amide bonds. The number of rotatable bonds is 4. The minimum absolute atomic E-state index is 0.166. The normalized spacial score (nSPS) is 10.2. The molecule has 0 radical (unpaired) electrons. The number of benzene rings is 1. The quantitative estimate of drug-likeness (QED) is 0.690. The van der Waals surface area contributed by atoms with Gasteiger partial charge in [0.2, 0.25) is 0 Å². The zero-order valence-corrected chi connectivity index (χ0v) is 11.8. The Bertz CT molecular complexity index is 711. The van der Waals surface area contributed by atoms with E-state index in [1.165, 1.54) is 13.2 Å². The first-order valence-electron chi connectivity index (χ1n) is 5.86. The summed E-state index contributed by atoms with van der Waals surface area (Å²) in [5, 5.41) is 2.59. The lowest BCUT2D eigenvalue weighted by molar-refractivity contribution is 0.100. The van der Waals surface area contributed by atoms with Gasteiger partial charge in [-0.3, -0.25) is 4.79 Å². The first kappa shape index (κ1) is 14.7. The second kappa shape index (κ2) is 5.76. The third kappa shape index (κ3) is 2.77. The number of carbonyl (C=O) groups excluding carboxylic acids is 2. The summed E-state index contributed by atoms with van der Waals surface area (Å²) in [4.78, 5) is 25.5. The van der Waals surface area contributed by atoms with Crippen LogP contribution < -0.4 is 21.5 Å². The van der Waals surface area contributed by atoms with Crippen LogP contribution in [0.2, 0.25) is 5.02 Å². The average Bonchev–Trinajstić information content (AvgIpc) is 2.89. The predicted molar refractivity (Wildman–Crippen MR) is 79.5 cm³/mol. The average molecular weight is 309 g/mol. The number of H-pyrrole nitrogens is 1. The molecule has 0 saturated carbocycles. The van der Waals surface area contributed by atoms with Gasteiger partial charge < -0.3 is 26.5 Å². The SMILES string of the molecule is COc1ccc(-c2[nH]ccc2C(N)=O)c(NC(N)=O)c1Cl. The minimum Gasteiger partial charge on any atom is -0.495 e. The van der Waals surface area contributed by atoms with Crippen molar-refractivity contribution in [2.75, 3.05) is 12.4 Å². The van der Waals surface area contributed by atoms with E-state index in [-0.39, 0.29) is 16.3 Å². The summed E-state index contributed by atoms with van der Waals surface area (Å²) < 4.78 is 5.09. The van der Waals surface area contributed by atoms with E-state index in [0.29, 0.717) is 17.0 Å². The molecule has 8 heteroatoms. The zero-order valence-electron chi connectivity index (χ0n) is 11.1. The lowest BCUT2D eigenvalue weighted by atomic mass is 10.0. The molecule has 0 aliphatic rings. The summed E-state index contributed by atoms with van der Waals surface area (Å²) in [5.41, 5.74) is 11.9. The number of aromatic nitrogens is 1. The van der Waals surface area contributed by atoms with Crippen LogP contribution in [0.4, 0.5) is 10.5 Å². The van der Waals surface area contributed by atoms with Crippen molar-refractivity contribution in [1.29, 1.82) is 0 Å². The van der Waals surface area contributed by atoms with E-state index >= 15 is 0 Å². The number of urea groups is 1. The molecule has 0 saturated heterocycles. The maximum atomic E-state index is 11.4. The van der Waals surface area contributed by atoms with Crippen molar-refractivity contribution in [3.8, 4) is 17.0 Å².